The van der Waals surface area contributed by atoms with Gasteiger partial charge in [-0.15, -0.1) is 0 Å². The summed E-state index contributed by atoms with van der Waals surface area (Å²) in [6.45, 7) is 14.7. The van der Waals surface area contributed by atoms with Crippen LogP contribution in [0.15, 0.2) is 0 Å². The first-order valence-corrected chi connectivity index (χ1v) is 21.0. The van der Waals surface area contributed by atoms with E-state index < -0.39 is 90.1 Å². The molecule has 3 saturated heterocycles. The molecule has 0 amide bonds. The molecule has 2 spiro atoms. The topological polar surface area (TPSA) is 178 Å². The van der Waals surface area contributed by atoms with Crippen molar-refractivity contribution in [3.63, 3.8) is 0 Å². The molecular formula is C42H66O14. The predicted molar refractivity (Wildman–Crippen MR) is 198 cm³/mol. The number of aliphatic hydroxyl groups is 2. The normalized spacial score (nSPS) is 51.4. The van der Waals surface area contributed by atoms with E-state index in [2.05, 4.69) is 6.92 Å². The third kappa shape index (κ3) is 6.42. The van der Waals surface area contributed by atoms with E-state index in [9.17, 15) is 24.6 Å². The van der Waals surface area contributed by atoms with Crippen molar-refractivity contribution in [1.29, 1.82) is 0 Å². The van der Waals surface area contributed by atoms with Crippen molar-refractivity contribution in [2.24, 2.45) is 34.5 Å². The molecule has 14 heteroatoms. The highest BCUT2D eigenvalue weighted by molar-refractivity contribution is 5.81. The van der Waals surface area contributed by atoms with Gasteiger partial charge in [-0.2, -0.15) is 0 Å². The molecule has 20 atom stereocenters. The number of rotatable bonds is 11. The summed E-state index contributed by atoms with van der Waals surface area (Å²) >= 11 is 0. The minimum absolute atomic E-state index is 0.0390. The van der Waals surface area contributed by atoms with Gasteiger partial charge in [0.2, 0.25) is 0 Å². The fourth-order valence-corrected chi connectivity index (χ4v) is 12.7. The molecule has 318 valence electrons. The average molecular weight is 795 g/mol. The second-order valence-electron chi connectivity index (χ2n) is 18.6. The summed E-state index contributed by atoms with van der Waals surface area (Å²) < 4.78 is 56.5. The lowest BCUT2D eigenvalue weighted by Gasteiger charge is -2.61. The molecule has 4 saturated carbocycles. The number of hydrogen-bond donors (Lipinski definition) is 2. The van der Waals surface area contributed by atoms with Crippen LogP contribution in [0.1, 0.15) is 113 Å². The Morgan fingerprint density at radius 3 is 2.21 bits per heavy atom. The quantitative estimate of drug-likeness (QED) is 0.174. The number of epoxide rings is 1. The minimum Gasteiger partial charge on any atom is -0.458 e. The van der Waals surface area contributed by atoms with Gasteiger partial charge in [0.05, 0.1) is 30.3 Å². The highest BCUT2D eigenvalue weighted by atomic mass is 16.7. The first-order valence-electron chi connectivity index (χ1n) is 21.0. The van der Waals surface area contributed by atoms with Crippen molar-refractivity contribution in [3.8, 4) is 0 Å². The van der Waals surface area contributed by atoms with Crippen LogP contribution >= 0.6 is 0 Å². The maximum atomic E-state index is 13.7. The Morgan fingerprint density at radius 1 is 0.839 bits per heavy atom. The van der Waals surface area contributed by atoms with Crippen molar-refractivity contribution >= 4 is 17.7 Å². The first-order chi connectivity index (χ1) is 26.4. The molecule has 7 rings (SSSR count). The SMILES string of the molecule is CCC(C)C(=O)O[C@H]1C2[C@]3(CC[C@H]4C[C@@H](O[C@@H]5C[C@@H](OC)[C@H](O[C@@H]6O[C@H](C)[C@@H](O)[C@@H](OC)[C@H]6O)[C@@H](C)O5)CC[C@]24C)O[C@@]32CC[C@@H](C(C)=O)[C@@]2(C)[C@@H]1OC(C)=O. The highest BCUT2D eigenvalue weighted by Crippen LogP contribution is 2.81. The number of hydrogen-bond acceptors (Lipinski definition) is 14. The molecule has 7 fully saturated rings. The van der Waals surface area contributed by atoms with Crippen molar-refractivity contribution in [1.82, 2.24) is 0 Å². The van der Waals surface area contributed by atoms with Gasteiger partial charge < -0.3 is 52.8 Å². The van der Waals surface area contributed by atoms with E-state index >= 15 is 0 Å². The standard InChI is InChI=1S/C42H66O14/c1-11-20(2)37(47)54-34-35-39(7)15-13-26(53-29-19-28(48-9)32(23(5)50-29)55-38-31(46)33(49-10)30(45)22(4)51-38)18-25(39)12-16-41(35)42(56-41)17-14-27(21(3)43)40(42,8)36(34)52-24(6)44/h20,22-23,25-36,38,45-46H,11-19H2,1-10H3/t20?,22-,23-,25+,26+,27+,28-,29-,30-,31-,32-,33-,34+,35?,36-,38+,39+,40+,41+,42-/m1/s1. The minimum atomic E-state index is -1.21. The van der Waals surface area contributed by atoms with Crippen molar-refractivity contribution < 1.29 is 67.2 Å². The van der Waals surface area contributed by atoms with Crippen LogP contribution in [0.5, 0.6) is 0 Å². The number of esters is 2. The summed E-state index contributed by atoms with van der Waals surface area (Å²) in [5, 5.41) is 21.3. The zero-order valence-electron chi connectivity index (χ0n) is 34.9. The Hall–Kier alpha value is -1.75. The van der Waals surface area contributed by atoms with E-state index in [4.69, 9.17) is 42.6 Å². The monoisotopic (exact) mass is 794 g/mol. The smallest absolute Gasteiger partial charge is 0.309 e. The van der Waals surface area contributed by atoms with Gasteiger partial charge in [0.25, 0.3) is 0 Å². The van der Waals surface area contributed by atoms with Gasteiger partial charge >= 0.3 is 11.9 Å². The lowest BCUT2D eigenvalue weighted by molar-refractivity contribution is -0.343. The molecule has 4 aliphatic carbocycles. The summed E-state index contributed by atoms with van der Waals surface area (Å²) in [6, 6.07) is 0. The summed E-state index contributed by atoms with van der Waals surface area (Å²) in [5.74, 6) is -1.53. The van der Waals surface area contributed by atoms with E-state index in [0.717, 1.165) is 32.1 Å². The van der Waals surface area contributed by atoms with Crippen molar-refractivity contribution in [2.75, 3.05) is 14.2 Å². The Kier molecular flexibility index (Phi) is 11.6. The lowest BCUT2D eigenvalue weighted by atomic mass is 9.43. The lowest BCUT2D eigenvalue weighted by Crippen LogP contribution is -2.70. The van der Waals surface area contributed by atoms with Crippen LogP contribution < -0.4 is 0 Å². The van der Waals surface area contributed by atoms with Crippen LogP contribution in [0.25, 0.3) is 0 Å². The van der Waals surface area contributed by atoms with Crippen molar-refractivity contribution in [2.45, 2.75) is 198 Å². The number of aliphatic hydroxyl groups excluding tert-OH is 2. The molecule has 0 aromatic carbocycles. The number of fused-ring (bicyclic) bond motifs is 2. The molecule has 0 aromatic rings. The summed E-state index contributed by atoms with van der Waals surface area (Å²) in [7, 11) is 3.04. The van der Waals surface area contributed by atoms with Crippen LogP contribution in [0, 0.1) is 34.5 Å². The molecule has 3 heterocycles. The van der Waals surface area contributed by atoms with E-state index in [0.29, 0.717) is 25.7 Å². The number of carbonyl (C=O) groups is 3. The molecule has 3 aliphatic heterocycles. The Labute approximate surface area is 331 Å². The molecule has 7 aliphatic rings. The van der Waals surface area contributed by atoms with Gasteiger partial charge in [-0.3, -0.25) is 14.4 Å². The van der Waals surface area contributed by atoms with Gasteiger partial charge in [-0.1, -0.05) is 27.7 Å². The Balaban J connectivity index is 1.10. The van der Waals surface area contributed by atoms with E-state index in [-0.39, 0.29) is 46.9 Å². The van der Waals surface area contributed by atoms with E-state index in [1.165, 1.54) is 14.0 Å². The maximum Gasteiger partial charge on any atom is 0.309 e. The average Bonchev–Trinajstić information content (AvgIpc) is 3.70. The van der Waals surface area contributed by atoms with Crippen molar-refractivity contribution in [3.05, 3.63) is 0 Å². The predicted octanol–water partition coefficient (Wildman–Crippen LogP) is 4.02. The maximum absolute atomic E-state index is 13.7. The summed E-state index contributed by atoms with van der Waals surface area (Å²) in [6.07, 6.45) is -2.23. The fraction of sp³-hybridized carbons (Fsp3) is 0.929. The highest BCUT2D eigenvalue weighted by Gasteiger charge is 2.91. The van der Waals surface area contributed by atoms with Gasteiger partial charge in [-0.25, -0.2) is 0 Å². The number of Topliss-reactive ketones (excluding diaryl/α,β-unsaturated/α-hetero) is 1. The number of methoxy groups -OCH3 is 2. The van der Waals surface area contributed by atoms with Gasteiger partial charge in [0.15, 0.2) is 12.6 Å². The van der Waals surface area contributed by atoms with Crippen LogP contribution in [-0.2, 0) is 57.0 Å². The molecule has 56 heavy (non-hydrogen) atoms. The summed E-state index contributed by atoms with van der Waals surface area (Å²) in [4.78, 5) is 39.9. The number of carbonyl (C=O) groups excluding carboxylic acids is 3. The second-order valence-corrected chi connectivity index (χ2v) is 18.6. The van der Waals surface area contributed by atoms with E-state index in [1.54, 1.807) is 21.0 Å². The van der Waals surface area contributed by atoms with Crippen LogP contribution in [0.4, 0.5) is 0 Å². The zero-order valence-corrected chi connectivity index (χ0v) is 34.9. The summed E-state index contributed by atoms with van der Waals surface area (Å²) in [5.41, 5.74) is -2.43. The molecule has 14 nitrogen and oxygen atoms in total. The first kappa shape index (κ1) is 42.4. The number of ketones is 1. The molecule has 0 radical (unpaired) electrons. The fourth-order valence-electron chi connectivity index (χ4n) is 12.7. The van der Waals surface area contributed by atoms with Crippen LogP contribution in [-0.4, -0.2) is 127 Å². The molecule has 2 N–H and O–H groups in total. The van der Waals surface area contributed by atoms with Gasteiger partial charge in [-0.05, 0) is 83.5 Å². The van der Waals surface area contributed by atoms with E-state index in [1.807, 2.05) is 27.7 Å². The molecule has 0 bridgehead atoms. The van der Waals surface area contributed by atoms with Crippen LogP contribution in [0.2, 0.25) is 0 Å². The Morgan fingerprint density at radius 2 is 1.57 bits per heavy atom. The van der Waals surface area contributed by atoms with Crippen LogP contribution in [0.3, 0.4) is 0 Å². The third-order valence-corrected chi connectivity index (χ3v) is 15.8. The van der Waals surface area contributed by atoms with Gasteiger partial charge in [0.1, 0.15) is 53.6 Å². The molecule has 0 aromatic heterocycles. The second kappa shape index (κ2) is 15.4. The molecular weight excluding hydrogens is 728 g/mol. The number of ether oxygens (including phenoxy) is 9. The third-order valence-electron chi connectivity index (χ3n) is 15.8. The molecule has 2 unspecified atom stereocenters. The van der Waals surface area contributed by atoms with Gasteiger partial charge in [0, 0.05) is 44.8 Å². The zero-order chi connectivity index (χ0) is 40.7. The Bertz CT molecular complexity index is 1490. The largest absolute Gasteiger partial charge is 0.458 e.